The summed E-state index contributed by atoms with van der Waals surface area (Å²) in [5, 5.41) is 3.09. The first-order valence-electron chi connectivity index (χ1n) is 7.62. The molecule has 1 atom stereocenters. The molecule has 21 heavy (non-hydrogen) atoms. The number of carbonyl (C=O) groups is 1. The van der Waals surface area contributed by atoms with Crippen molar-refractivity contribution in [1.82, 2.24) is 10.2 Å². The van der Waals surface area contributed by atoms with Crippen molar-refractivity contribution in [3.8, 4) is 0 Å². The molecule has 0 aromatic heterocycles. The highest BCUT2D eigenvalue weighted by Crippen LogP contribution is 2.21. The summed E-state index contributed by atoms with van der Waals surface area (Å²) in [7, 11) is 4.16. The van der Waals surface area contributed by atoms with E-state index in [0.717, 1.165) is 22.9 Å². The zero-order chi connectivity index (χ0) is 16.0. The molecule has 0 fully saturated rings. The van der Waals surface area contributed by atoms with Crippen molar-refractivity contribution < 1.29 is 4.79 Å². The van der Waals surface area contributed by atoms with E-state index in [1.54, 1.807) is 0 Å². The van der Waals surface area contributed by atoms with Gasteiger partial charge in [0.2, 0.25) is 0 Å². The van der Waals surface area contributed by atoms with Gasteiger partial charge in [-0.25, -0.2) is 0 Å². The third kappa shape index (κ3) is 4.82. The first-order valence-corrected chi connectivity index (χ1v) is 8.41. The fourth-order valence-corrected chi connectivity index (χ4v) is 3.16. The average molecular weight is 355 g/mol. The zero-order valence-electron chi connectivity index (χ0n) is 13.7. The van der Waals surface area contributed by atoms with Crippen LogP contribution < -0.4 is 5.32 Å². The molecule has 1 rings (SSSR count). The molecule has 4 heteroatoms. The van der Waals surface area contributed by atoms with Gasteiger partial charge in [0, 0.05) is 17.1 Å². The van der Waals surface area contributed by atoms with Crippen molar-refractivity contribution in [1.29, 1.82) is 0 Å². The summed E-state index contributed by atoms with van der Waals surface area (Å²) in [6.45, 7) is 7.10. The number of benzene rings is 1. The highest BCUT2D eigenvalue weighted by Gasteiger charge is 2.22. The van der Waals surface area contributed by atoms with Gasteiger partial charge in [-0.05, 0) is 54.5 Å². The van der Waals surface area contributed by atoms with Crippen LogP contribution in [-0.2, 0) is 0 Å². The second-order valence-electron chi connectivity index (χ2n) is 5.75. The normalized spacial score (nSPS) is 12.8. The van der Waals surface area contributed by atoms with E-state index in [1.807, 2.05) is 25.1 Å². The molecular weight excluding hydrogens is 328 g/mol. The Hall–Kier alpha value is -0.870. The molecule has 0 bridgehead atoms. The fourth-order valence-electron chi connectivity index (χ4n) is 2.72. The van der Waals surface area contributed by atoms with E-state index in [-0.39, 0.29) is 5.91 Å². The third-order valence-electron chi connectivity index (χ3n) is 4.16. The highest BCUT2D eigenvalue weighted by molar-refractivity contribution is 9.10. The van der Waals surface area contributed by atoms with Crippen LogP contribution >= 0.6 is 15.9 Å². The average Bonchev–Trinajstić information content (AvgIpc) is 2.45. The Morgan fingerprint density at radius 2 is 1.90 bits per heavy atom. The van der Waals surface area contributed by atoms with Gasteiger partial charge in [0.1, 0.15) is 0 Å². The van der Waals surface area contributed by atoms with Gasteiger partial charge < -0.3 is 10.2 Å². The van der Waals surface area contributed by atoms with Crippen LogP contribution in [0.5, 0.6) is 0 Å². The smallest absolute Gasteiger partial charge is 0.252 e. The maximum absolute atomic E-state index is 12.4. The number of nitrogens with zero attached hydrogens (tertiary/aromatic N) is 1. The van der Waals surface area contributed by atoms with Crippen molar-refractivity contribution in [3.63, 3.8) is 0 Å². The van der Waals surface area contributed by atoms with Gasteiger partial charge in [0.15, 0.2) is 0 Å². The quantitative estimate of drug-likeness (QED) is 0.806. The van der Waals surface area contributed by atoms with Gasteiger partial charge in [-0.2, -0.15) is 0 Å². The van der Waals surface area contributed by atoms with Crippen LogP contribution in [0.4, 0.5) is 0 Å². The number of amides is 1. The van der Waals surface area contributed by atoms with Crippen LogP contribution in [0.3, 0.4) is 0 Å². The molecule has 0 aliphatic carbocycles. The van der Waals surface area contributed by atoms with Crippen molar-refractivity contribution in [2.24, 2.45) is 5.92 Å². The summed E-state index contributed by atoms with van der Waals surface area (Å²) in [6, 6.07) is 6.13. The molecule has 1 N–H and O–H groups in total. The van der Waals surface area contributed by atoms with Crippen LogP contribution in [0, 0.1) is 12.8 Å². The SMILES string of the molecule is CCC(CC)C(CNC(=O)c1cccc(C)c1Br)N(C)C. The van der Waals surface area contributed by atoms with Gasteiger partial charge in [-0.1, -0.05) is 38.8 Å². The summed E-state index contributed by atoms with van der Waals surface area (Å²) in [5.74, 6) is 0.588. The van der Waals surface area contributed by atoms with Crippen molar-refractivity contribution >= 4 is 21.8 Å². The van der Waals surface area contributed by atoms with E-state index in [1.165, 1.54) is 0 Å². The summed E-state index contributed by atoms with van der Waals surface area (Å²) >= 11 is 3.50. The number of carbonyl (C=O) groups excluding carboxylic acids is 1. The van der Waals surface area contributed by atoms with Crippen molar-refractivity contribution in [3.05, 3.63) is 33.8 Å². The van der Waals surface area contributed by atoms with E-state index in [2.05, 4.69) is 54.1 Å². The molecular formula is C17H27BrN2O. The van der Waals surface area contributed by atoms with Crippen LogP contribution in [0.25, 0.3) is 0 Å². The Morgan fingerprint density at radius 1 is 1.29 bits per heavy atom. The Balaban J connectivity index is 2.76. The zero-order valence-corrected chi connectivity index (χ0v) is 15.3. The number of hydrogen-bond acceptors (Lipinski definition) is 2. The second kappa shape index (κ2) is 8.54. The van der Waals surface area contributed by atoms with E-state index in [9.17, 15) is 4.79 Å². The fraction of sp³-hybridized carbons (Fsp3) is 0.588. The van der Waals surface area contributed by atoms with Gasteiger partial charge >= 0.3 is 0 Å². The lowest BCUT2D eigenvalue weighted by molar-refractivity contribution is 0.0928. The lowest BCUT2D eigenvalue weighted by Gasteiger charge is -2.31. The minimum atomic E-state index is -0.0108. The minimum Gasteiger partial charge on any atom is -0.350 e. The largest absolute Gasteiger partial charge is 0.350 e. The van der Waals surface area contributed by atoms with Crippen molar-refractivity contribution in [2.75, 3.05) is 20.6 Å². The molecule has 1 amide bonds. The number of aryl methyl sites for hydroxylation is 1. The predicted molar refractivity (Wildman–Crippen MR) is 92.8 cm³/mol. The maximum Gasteiger partial charge on any atom is 0.252 e. The summed E-state index contributed by atoms with van der Waals surface area (Å²) in [6.07, 6.45) is 2.26. The second-order valence-corrected chi connectivity index (χ2v) is 6.55. The van der Waals surface area contributed by atoms with Gasteiger partial charge in [0.25, 0.3) is 5.91 Å². The van der Waals surface area contributed by atoms with E-state index >= 15 is 0 Å². The highest BCUT2D eigenvalue weighted by atomic mass is 79.9. The molecule has 0 aliphatic rings. The van der Waals surface area contributed by atoms with Gasteiger partial charge in [-0.15, -0.1) is 0 Å². The first kappa shape index (κ1) is 18.2. The van der Waals surface area contributed by atoms with Crippen LogP contribution in [0.15, 0.2) is 22.7 Å². The lowest BCUT2D eigenvalue weighted by Crippen LogP contribution is -2.44. The third-order valence-corrected chi connectivity index (χ3v) is 5.22. The number of likely N-dealkylation sites (N-methyl/N-ethyl adjacent to an activating group) is 1. The first-order chi connectivity index (χ1) is 9.92. The number of rotatable bonds is 7. The monoisotopic (exact) mass is 354 g/mol. The Kier molecular flexibility index (Phi) is 7.40. The number of nitrogens with one attached hydrogen (secondary N) is 1. The minimum absolute atomic E-state index is 0.0108. The van der Waals surface area contributed by atoms with E-state index < -0.39 is 0 Å². The Morgan fingerprint density at radius 3 is 2.43 bits per heavy atom. The standard InChI is InChI=1S/C17H27BrN2O/c1-6-13(7-2)15(20(4)5)11-19-17(21)14-10-8-9-12(3)16(14)18/h8-10,13,15H,6-7,11H2,1-5H3,(H,19,21). The van der Waals surface area contributed by atoms with Crippen LogP contribution in [-0.4, -0.2) is 37.5 Å². The molecule has 0 aliphatic heterocycles. The Bertz CT molecular complexity index is 470. The molecule has 1 aromatic rings. The van der Waals surface area contributed by atoms with Crippen LogP contribution in [0.2, 0.25) is 0 Å². The van der Waals surface area contributed by atoms with Gasteiger partial charge in [-0.3, -0.25) is 4.79 Å². The molecule has 1 unspecified atom stereocenters. The molecule has 0 radical (unpaired) electrons. The summed E-state index contributed by atoms with van der Waals surface area (Å²) < 4.78 is 0.881. The molecule has 0 saturated carbocycles. The molecule has 3 nitrogen and oxygen atoms in total. The Labute approximate surface area is 137 Å². The molecule has 1 aromatic carbocycles. The molecule has 118 valence electrons. The van der Waals surface area contributed by atoms with Gasteiger partial charge in [0.05, 0.1) is 5.56 Å². The maximum atomic E-state index is 12.4. The van der Waals surface area contributed by atoms with Crippen LogP contribution in [0.1, 0.15) is 42.6 Å². The summed E-state index contributed by atoms with van der Waals surface area (Å²) in [4.78, 5) is 14.6. The molecule has 0 spiro atoms. The van der Waals surface area contributed by atoms with E-state index in [0.29, 0.717) is 24.1 Å². The summed E-state index contributed by atoms with van der Waals surface area (Å²) in [5.41, 5.74) is 1.78. The number of halogens is 1. The molecule has 0 saturated heterocycles. The lowest BCUT2D eigenvalue weighted by atomic mass is 9.93. The number of hydrogen-bond donors (Lipinski definition) is 1. The molecule has 0 heterocycles. The predicted octanol–water partition coefficient (Wildman–Crippen LogP) is 3.85. The van der Waals surface area contributed by atoms with E-state index in [4.69, 9.17) is 0 Å². The van der Waals surface area contributed by atoms with Crippen molar-refractivity contribution in [2.45, 2.75) is 39.7 Å². The topological polar surface area (TPSA) is 32.3 Å².